The van der Waals surface area contributed by atoms with Crippen LogP contribution in [0.25, 0.3) is 0 Å². The lowest BCUT2D eigenvalue weighted by Crippen LogP contribution is -2.08. The van der Waals surface area contributed by atoms with Gasteiger partial charge in [0.2, 0.25) is 0 Å². The summed E-state index contributed by atoms with van der Waals surface area (Å²) in [6.07, 6.45) is 1.12. The van der Waals surface area contributed by atoms with E-state index in [-0.39, 0.29) is 16.5 Å². The Hall–Kier alpha value is -2.02. The fraction of sp³-hybridized carbons (Fsp3) is 0.250. The summed E-state index contributed by atoms with van der Waals surface area (Å²) in [5.74, 6) is 0.423. The molecule has 0 unspecified atom stereocenters. The first-order valence-corrected chi connectivity index (χ1v) is 7.60. The van der Waals surface area contributed by atoms with Crippen molar-refractivity contribution in [3.63, 3.8) is 0 Å². The zero-order valence-corrected chi connectivity index (χ0v) is 11.6. The van der Waals surface area contributed by atoms with Crippen molar-refractivity contribution < 1.29 is 8.42 Å². The third-order valence-electron chi connectivity index (χ3n) is 2.73. The second-order valence-electron chi connectivity index (χ2n) is 4.23. The van der Waals surface area contributed by atoms with E-state index >= 15 is 0 Å². The van der Waals surface area contributed by atoms with Gasteiger partial charge in [-0.25, -0.2) is 13.1 Å². The van der Waals surface area contributed by atoms with Crippen molar-refractivity contribution in [2.75, 3.05) is 24.4 Å². The summed E-state index contributed by atoms with van der Waals surface area (Å²) in [6.45, 7) is 0.427. The molecule has 0 fully saturated rings. The van der Waals surface area contributed by atoms with Crippen LogP contribution in [0.3, 0.4) is 0 Å². The van der Waals surface area contributed by atoms with Crippen molar-refractivity contribution in [3.8, 4) is 0 Å². The molecule has 1 aromatic carbocycles. The number of sulfone groups is 1. The number of anilines is 2. The molecule has 0 saturated heterocycles. The van der Waals surface area contributed by atoms with E-state index in [2.05, 4.69) is 10.4 Å². The molecule has 0 aliphatic heterocycles. The highest BCUT2D eigenvalue weighted by atomic mass is 32.2. The quantitative estimate of drug-likeness (QED) is 0.870. The van der Waals surface area contributed by atoms with E-state index in [1.54, 1.807) is 7.05 Å². The molecular weight excluding hydrogens is 264 g/mol. The summed E-state index contributed by atoms with van der Waals surface area (Å²) in [5.41, 5.74) is 6.89. The highest BCUT2D eigenvalue weighted by molar-refractivity contribution is 7.91. The first-order chi connectivity index (χ1) is 8.93. The molecule has 0 atom stereocenters. The zero-order chi connectivity index (χ0) is 14.0. The first-order valence-electron chi connectivity index (χ1n) is 5.71. The van der Waals surface area contributed by atoms with Crippen LogP contribution in [0.15, 0.2) is 35.2 Å². The van der Waals surface area contributed by atoms with E-state index in [1.807, 2.05) is 30.3 Å². The molecule has 1 heterocycles. The molecule has 0 aliphatic carbocycles. The Bertz CT molecular complexity index is 677. The van der Waals surface area contributed by atoms with Gasteiger partial charge in [-0.3, -0.25) is 0 Å². The Morgan fingerprint density at radius 3 is 2.42 bits per heavy atom. The molecule has 19 heavy (non-hydrogen) atoms. The number of hydrogen-bond acceptors (Lipinski definition) is 5. The molecule has 0 amide bonds. The Labute approximate surface area is 112 Å². The second-order valence-corrected chi connectivity index (χ2v) is 6.18. The average molecular weight is 280 g/mol. The summed E-state index contributed by atoms with van der Waals surface area (Å²) < 4.78 is 24.9. The van der Waals surface area contributed by atoms with Gasteiger partial charge in [-0.15, -0.1) is 0 Å². The third-order valence-corrected chi connectivity index (χ3v) is 3.87. The van der Waals surface area contributed by atoms with Crippen molar-refractivity contribution >= 4 is 21.5 Å². The molecule has 0 saturated carbocycles. The minimum Gasteiger partial charge on any atom is -0.383 e. The number of rotatable bonds is 4. The summed E-state index contributed by atoms with van der Waals surface area (Å²) in [7, 11) is -1.80. The van der Waals surface area contributed by atoms with Gasteiger partial charge in [0.05, 0.1) is 6.54 Å². The van der Waals surface area contributed by atoms with Gasteiger partial charge >= 0.3 is 0 Å². The predicted octanol–water partition coefficient (Wildman–Crippen LogP) is 0.959. The normalized spacial score (nSPS) is 11.5. The molecule has 0 spiro atoms. The van der Waals surface area contributed by atoms with Crippen molar-refractivity contribution in [2.24, 2.45) is 0 Å². The number of nitrogens with two attached hydrogens (primary N) is 1. The molecular formula is C12H16N4O2S. The summed E-state index contributed by atoms with van der Waals surface area (Å²) in [6, 6.07) is 9.59. The summed E-state index contributed by atoms with van der Waals surface area (Å²) in [4.78, 5) is 0.0472. The van der Waals surface area contributed by atoms with Gasteiger partial charge < -0.3 is 11.1 Å². The molecule has 6 nitrogen and oxygen atoms in total. The van der Waals surface area contributed by atoms with Crippen LogP contribution in [0.5, 0.6) is 0 Å². The fourth-order valence-electron chi connectivity index (χ4n) is 1.86. The van der Waals surface area contributed by atoms with Gasteiger partial charge in [-0.1, -0.05) is 30.3 Å². The predicted molar refractivity (Wildman–Crippen MR) is 74.8 cm³/mol. The maximum absolute atomic E-state index is 11.7. The van der Waals surface area contributed by atoms with E-state index in [9.17, 15) is 8.42 Å². The maximum Gasteiger partial charge on any atom is 0.182 e. The van der Waals surface area contributed by atoms with E-state index < -0.39 is 9.84 Å². The SMILES string of the molecule is CNc1nn(Cc2ccccc2)c(N)c1S(C)(=O)=O. The summed E-state index contributed by atoms with van der Waals surface area (Å²) >= 11 is 0. The van der Waals surface area contributed by atoms with Gasteiger partial charge in [0.25, 0.3) is 0 Å². The number of nitrogen functional groups attached to an aromatic ring is 1. The lowest BCUT2D eigenvalue weighted by atomic mass is 10.2. The molecule has 2 rings (SSSR count). The molecule has 0 bridgehead atoms. The van der Waals surface area contributed by atoms with Crippen molar-refractivity contribution in [2.45, 2.75) is 11.4 Å². The Kier molecular flexibility index (Phi) is 3.48. The largest absolute Gasteiger partial charge is 0.383 e. The third kappa shape index (κ3) is 2.70. The molecule has 3 N–H and O–H groups in total. The minimum absolute atomic E-state index is 0.0472. The highest BCUT2D eigenvalue weighted by Gasteiger charge is 2.23. The Morgan fingerprint density at radius 1 is 1.32 bits per heavy atom. The van der Waals surface area contributed by atoms with Crippen LogP contribution in [0, 0.1) is 0 Å². The van der Waals surface area contributed by atoms with Gasteiger partial charge in [0.15, 0.2) is 20.6 Å². The smallest absolute Gasteiger partial charge is 0.182 e. The van der Waals surface area contributed by atoms with Crippen LogP contribution >= 0.6 is 0 Å². The van der Waals surface area contributed by atoms with E-state index in [4.69, 9.17) is 5.73 Å². The molecule has 102 valence electrons. The number of benzene rings is 1. The molecule has 0 radical (unpaired) electrons. The molecule has 0 aliphatic rings. The average Bonchev–Trinajstić information content (AvgIpc) is 2.67. The van der Waals surface area contributed by atoms with Crippen LogP contribution in [-0.2, 0) is 16.4 Å². The molecule has 2 aromatic rings. The lowest BCUT2D eigenvalue weighted by Gasteiger charge is -2.04. The number of hydrogen-bond donors (Lipinski definition) is 2. The van der Waals surface area contributed by atoms with E-state index in [0.717, 1.165) is 11.8 Å². The standard InChI is InChI=1S/C12H16N4O2S/c1-14-12-10(19(2,17)18)11(13)16(15-12)8-9-6-4-3-5-7-9/h3-7H,8,13H2,1-2H3,(H,14,15). The Balaban J connectivity index is 2.46. The van der Waals surface area contributed by atoms with Crippen molar-refractivity contribution in [3.05, 3.63) is 35.9 Å². The van der Waals surface area contributed by atoms with Gasteiger partial charge in [-0.2, -0.15) is 5.10 Å². The molecule has 1 aromatic heterocycles. The zero-order valence-electron chi connectivity index (χ0n) is 10.8. The number of nitrogens with zero attached hydrogens (tertiary/aromatic N) is 2. The van der Waals surface area contributed by atoms with Crippen molar-refractivity contribution in [1.29, 1.82) is 0 Å². The topological polar surface area (TPSA) is 90.0 Å². The van der Waals surface area contributed by atoms with Crippen LogP contribution in [-0.4, -0.2) is 31.5 Å². The number of aromatic nitrogens is 2. The van der Waals surface area contributed by atoms with Gasteiger partial charge in [0.1, 0.15) is 5.82 Å². The van der Waals surface area contributed by atoms with Crippen LogP contribution in [0.1, 0.15) is 5.56 Å². The maximum atomic E-state index is 11.7. The minimum atomic E-state index is -3.42. The number of nitrogens with one attached hydrogen (secondary N) is 1. The van der Waals surface area contributed by atoms with Crippen molar-refractivity contribution in [1.82, 2.24) is 9.78 Å². The monoisotopic (exact) mass is 280 g/mol. The van der Waals surface area contributed by atoms with E-state index in [1.165, 1.54) is 4.68 Å². The highest BCUT2D eigenvalue weighted by Crippen LogP contribution is 2.27. The van der Waals surface area contributed by atoms with Crippen LogP contribution in [0.4, 0.5) is 11.6 Å². The Morgan fingerprint density at radius 2 is 1.95 bits per heavy atom. The van der Waals surface area contributed by atoms with Crippen LogP contribution in [0.2, 0.25) is 0 Å². The second kappa shape index (κ2) is 4.93. The summed E-state index contributed by atoms with van der Waals surface area (Å²) in [5, 5.41) is 6.95. The van der Waals surface area contributed by atoms with Gasteiger partial charge in [-0.05, 0) is 5.56 Å². The van der Waals surface area contributed by atoms with Gasteiger partial charge in [0, 0.05) is 13.3 Å². The van der Waals surface area contributed by atoms with Crippen LogP contribution < -0.4 is 11.1 Å². The lowest BCUT2D eigenvalue weighted by molar-refractivity contribution is 0.602. The first kappa shape index (κ1) is 13.4. The fourth-order valence-corrected chi connectivity index (χ4v) is 2.84. The van der Waals surface area contributed by atoms with E-state index in [0.29, 0.717) is 6.54 Å². The molecule has 7 heteroatoms.